The monoisotopic (exact) mass is 488 g/mol. The fourth-order valence-electron chi connectivity index (χ4n) is 3.53. The van der Waals surface area contributed by atoms with Crippen LogP contribution in [0.5, 0.6) is 5.75 Å². The van der Waals surface area contributed by atoms with E-state index < -0.39 is 63.9 Å². The van der Waals surface area contributed by atoms with Gasteiger partial charge in [-0.3, -0.25) is 0 Å². The van der Waals surface area contributed by atoms with Crippen LogP contribution in [0.15, 0.2) is 70.3 Å². The van der Waals surface area contributed by atoms with Crippen LogP contribution >= 0.6 is 0 Å². The van der Waals surface area contributed by atoms with Crippen molar-refractivity contribution in [3.8, 4) is 16.9 Å². The summed E-state index contributed by atoms with van der Waals surface area (Å²) in [6.07, 6.45) is -13.1. The average Bonchev–Trinajstić information content (AvgIpc) is 2.73. The van der Waals surface area contributed by atoms with Crippen molar-refractivity contribution in [2.75, 3.05) is 11.5 Å². The molecule has 0 bridgehead atoms. The van der Waals surface area contributed by atoms with Crippen molar-refractivity contribution in [2.24, 2.45) is 0 Å². The molecule has 1 unspecified atom stereocenters. The first-order valence-corrected chi connectivity index (χ1v) is 9.31. The van der Waals surface area contributed by atoms with Crippen LogP contribution < -0.4 is 16.2 Å². The lowest BCUT2D eigenvalue weighted by Crippen LogP contribution is -2.51. The summed E-state index contributed by atoms with van der Waals surface area (Å²) in [7, 11) is 0. The summed E-state index contributed by atoms with van der Waals surface area (Å²) >= 11 is 0. The van der Waals surface area contributed by atoms with E-state index in [2.05, 4.69) is 0 Å². The molecule has 2 aromatic carbocycles. The van der Waals surface area contributed by atoms with Gasteiger partial charge in [0.15, 0.2) is 11.5 Å². The summed E-state index contributed by atoms with van der Waals surface area (Å²) in [6.45, 7) is 0. The molecule has 1 atom stereocenters. The molecule has 0 aliphatic heterocycles. The van der Waals surface area contributed by atoms with Gasteiger partial charge in [-0.1, -0.05) is 17.9 Å². The highest BCUT2D eigenvalue weighted by Gasteiger charge is 2.62. The van der Waals surface area contributed by atoms with Gasteiger partial charge in [0.1, 0.15) is 11.7 Å². The van der Waals surface area contributed by atoms with E-state index >= 15 is 0 Å². The molecule has 0 spiro atoms. The minimum atomic E-state index is -5.32. The molecule has 0 saturated heterocycles. The molecule has 12 heteroatoms. The standard InChI is InChI=1S/C22H12F8N2O2/c23-20(24)12-5-6-14(17(22(28,29)30)16(12)19(20)33)34-15-8-10(9-1-3-11(31)4-2-9)7-13(18(15)32)21(25,26)27/h1-4,7-8,19,33H,31-32H2. The Bertz CT molecular complexity index is 1320. The van der Waals surface area contributed by atoms with Gasteiger partial charge in [0.05, 0.1) is 16.8 Å². The molecule has 0 heterocycles. The second-order valence-electron chi connectivity index (χ2n) is 7.42. The summed E-state index contributed by atoms with van der Waals surface area (Å²) in [4.78, 5) is 0. The Hall–Kier alpha value is -3.72. The van der Waals surface area contributed by atoms with Gasteiger partial charge in [0.25, 0.3) is 0 Å². The van der Waals surface area contributed by atoms with Crippen molar-refractivity contribution in [1.29, 1.82) is 0 Å². The lowest BCUT2D eigenvalue weighted by Gasteiger charge is -2.39. The van der Waals surface area contributed by atoms with Gasteiger partial charge >= 0.3 is 18.3 Å². The van der Waals surface area contributed by atoms with Crippen LogP contribution in [0.1, 0.15) is 5.56 Å². The summed E-state index contributed by atoms with van der Waals surface area (Å²) < 4.78 is 114. The fraction of sp³-hybridized carbons (Fsp3) is 0.182. The van der Waals surface area contributed by atoms with Crippen LogP contribution in [-0.4, -0.2) is 23.3 Å². The number of anilines is 2. The Morgan fingerprint density at radius 3 is 2.06 bits per heavy atom. The second kappa shape index (κ2) is 7.39. The quantitative estimate of drug-likeness (QED) is 0.309. The Kier molecular flexibility index (Phi) is 5.10. The number of hydrogen-bond donors (Lipinski definition) is 3. The zero-order valence-corrected chi connectivity index (χ0v) is 16.6. The first-order valence-electron chi connectivity index (χ1n) is 9.31. The van der Waals surface area contributed by atoms with E-state index in [1.807, 2.05) is 0 Å². The number of benzene rings is 2. The smallest absolute Gasteiger partial charge is 0.421 e. The lowest BCUT2D eigenvalue weighted by molar-refractivity contribution is -0.137. The van der Waals surface area contributed by atoms with E-state index in [4.69, 9.17) is 16.2 Å². The van der Waals surface area contributed by atoms with Gasteiger partial charge in [0.2, 0.25) is 0 Å². The third-order valence-electron chi connectivity index (χ3n) is 5.20. The second-order valence-corrected chi connectivity index (χ2v) is 7.42. The van der Waals surface area contributed by atoms with Gasteiger partial charge in [-0.05, 0) is 41.1 Å². The third-order valence-corrected chi connectivity index (χ3v) is 5.20. The minimum Gasteiger partial charge on any atom is -0.446 e. The van der Waals surface area contributed by atoms with Crippen molar-refractivity contribution in [3.63, 3.8) is 0 Å². The number of fused-ring (bicyclic) bond motifs is 1. The van der Waals surface area contributed by atoms with Crippen LogP contribution in [0.4, 0.5) is 46.5 Å². The topological polar surface area (TPSA) is 81.5 Å². The van der Waals surface area contributed by atoms with Crippen LogP contribution in [0.3, 0.4) is 0 Å². The molecular weight excluding hydrogens is 476 g/mol. The first kappa shape index (κ1) is 23.4. The molecule has 2 aliphatic rings. The van der Waals surface area contributed by atoms with Crippen LogP contribution in [0.2, 0.25) is 0 Å². The predicted octanol–water partition coefficient (Wildman–Crippen LogP) is 5.36. The third kappa shape index (κ3) is 3.71. The van der Waals surface area contributed by atoms with Crippen molar-refractivity contribution < 1.29 is 45.0 Å². The average molecular weight is 488 g/mol. The number of aliphatic hydroxyl groups excluding tert-OH is 1. The molecule has 0 radical (unpaired) electrons. The zero-order chi connectivity index (χ0) is 25.2. The SMILES string of the molecule is Nc1ccc(-c2cc(OC3=C=C=C4C(=C3C(F)(F)F)C(O)C4(F)F)c(N)c(C(F)(F)F)c2)cc1. The fourth-order valence-corrected chi connectivity index (χ4v) is 3.53. The molecule has 2 aliphatic carbocycles. The number of allylic oxidation sites excluding steroid dienone is 1. The molecule has 0 amide bonds. The normalized spacial score (nSPS) is 19.3. The van der Waals surface area contributed by atoms with E-state index in [0.29, 0.717) is 11.8 Å². The summed E-state index contributed by atoms with van der Waals surface area (Å²) in [5, 5.41) is 9.56. The number of ether oxygens (including phenoxy) is 1. The van der Waals surface area contributed by atoms with Gasteiger partial charge in [-0.2, -0.15) is 35.1 Å². The number of rotatable bonds is 3. The molecular formula is C22H12F8N2O2. The summed E-state index contributed by atoms with van der Waals surface area (Å²) in [5.41, 5.74) is 8.40. The maximum atomic E-state index is 13.7. The molecule has 178 valence electrons. The maximum Gasteiger partial charge on any atom is 0.421 e. The van der Waals surface area contributed by atoms with Crippen molar-refractivity contribution in [1.82, 2.24) is 0 Å². The Labute approximate surface area is 185 Å². The van der Waals surface area contributed by atoms with E-state index in [0.717, 1.165) is 6.07 Å². The number of nitrogen functional groups attached to an aromatic ring is 2. The molecule has 1 fully saturated rings. The Balaban J connectivity index is 1.90. The van der Waals surface area contributed by atoms with Crippen LogP contribution in [-0.2, 0) is 6.18 Å². The van der Waals surface area contributed by atoms with Crippen molar-refractivity contribution in [3.05, 3.63) is 75.9 Å². The molecule has 1 saturated carbocycles. The lowest BCUT2D eigenvalue weighted by atomic mass is 9.74. The Morgan fingerprint density at radius 2 is 1.50 bits per heavy atom. The molecule has 0 aromatic heterocycles. The number of aliphatic hydroxyl groups is 1. The summed E-state index contributed by atoms with van der Waals surface area (Å²) in [6, 6.07) is 7.15. The number of halogens is 8. The minimum absolute atomic E-state index is 0.121. The van der Waals surface area contributed by atoms with Crippen molar-refractivity contribution >= 4 is 11.4 Å². The molecule has 4 nitrogen and oxygen atoms in total. The van der Waals surface area contributed by atoms with E-state index in [1.165, 1.54) is 24.3 Å². The number of alkyl halides is 8. The zero-order valence-electron chi connectivity index (χ0n) is 16.6. The largest absolute Gasteiger partial charge is 0.446 e. The van der Waals surface area contributed by atoms with Gasteiger partial charge in [0, 0.05) is 11.3 Å². The maximum absolute atomic E-state index is 13.7. The van der Waals surface area contributed by atoms with E-state index in [1.54, 1.807) is 11.5 Å². The summed E-state index contributed by atoms with van der Waals surface area (Å²) in [5.74, 6) is -6.10. The van der Waals surface area contributed by atoms with Gasteiger partial charge < -0.3 is 21.3 Å². The van der Waals surface area contributed by atoms with Crippen LogP contribution in [0, 0.1) is 0 Å². The first-order chi connectivity index (χ1) is 15.6. The highest BCUT2D eigenvalue weighted by molar-refractivity contribution is 5.74. The van der Waals surface area contributed by atoms with Crippen molar-refractivity contribution in [2.45, 2.75) is 24.4 Å². The predicted molar refractivity (Wildman–Crippen MR) is 104 cm³/mol. The van der Waals surface area contributed by atoms with Gasteiger partial charge in [-0.25, -0.2) is 0 Å². The Morgan fingerprint density at radius 1 is 0.882 bits per heavy atom. The van der Waals surface area contributed by atoms with Crippen LogP contribution in [0.25, 0.3) is 11.1 Å². The number of hydrogen-bond acceptors (Lipinski definition) is 4. The van der Waals surface area contributed by atoms with E-state index in [9.17, 15) is 40.2 Å². The van der Waals surface area contributed by atoms with E-state index in [-0.39, 0.29) is 11.1 Å². The highest BCUT2D eigenvalue weighted by atomic mass is 19.4. The number of nitrogens with two attached hydrogens (primary N) is 2. The molecule has 4 rings (SSSR count). The molecule has 34 heavy (non-hydrogen) atoms. The molecule has 5 N–H and O–H groups in total. The van der Waals surface area contributed by atoms with Gasteiger partial charge in [-0.15, -0.1) is 0 Å². The highest BCUT2D eigenvalue weighted by Crippen LogP contribution is 2.54. The molecule has 2 aromatic rings.